The zero-order chi connectivity index (χ0) is 23.0. The lowest BCUT2D eigenvalue weighted by Gasteiger charge is -2.22. The molecule has 1 aliphatic carbocycles. The van der Waals surface area contributed by atoms with E-state index in [1.165, 1.54) is 65.7 Å². The third kappa shape index (κ3) is 2.71. The quantitative estimate of drug-likeness (QED) is 0.198. The smallest absolute Gasteiger partial charge is 0.0178 e. The summed E-state index contributed by atoms with van der Waals surface area (Å²) >= 11 is 3.67. The van der Waals surface area contributed by atoms with Gasteiger partial charge in [0, 0.05) is 9.89 Å². The molecule has 0 nitrogen and oxygen atoms in total. The summed E-state index contributed by atoms with van der Waals surface area (Å²) in [4.78, 5) is 0. The minimum Gasteiger partial charge on any atom is -0.0616 e. The molecular weight excluding hydrogens is 476 g/mol. The summed E-state index contributed by atoms with van der Waals surface area (Å²) < 4.78 is 1.14. The highest BCUT2D eigenvalue weighted by Gasteiger charge is 2.35. The topological polar surface area (TPSA) is 0 Å². The minimum absolute atomic E-state index is 0.0236. The highest BCUT2D eigenvalue weighted by molar-refractivity contribution is 9.10. The Balaban J connectivity index is 1.47. The maximum absolute atomic E-state index is 3.67. The zero-order valence-electron chi connectivity index (χ0n) is 19.2. The molecule has 0 saturated carbocycles. The van der Waals surface area contributed by atoms with E-state index < -0.39 is 0 Å². The van der Waals surface area contributed by atoms with Crippen molar-refractivity contribution < 1.29 is 0 Å². The van der Waals surface area contributed by atoms with Crippen molar-refractivity contribution in [2.75, 3.05) is 0 Å². The highest BCUT2D eigenvalue weighted by Crippen LogP contribution is 2.50. The normalized spacial score (nSPS) is 14.0. The van der Waals surface area contributed by atoms with E-state index in [0.29, 0.717) is 0 Å². The van der Waals surface area contributed by atoms with E-state index >= 15 is 0 Å². The molecule has 0 aliphatic heterocycles. The molecule has 1 heteroatoms. The Morgan fingerprint density at radius 3 is 1.59 bits per heavy atom. The van der Waals surface area contributed by atoms with Crippen LogP contribution in [0.5, 0.6) is 0 Å². The molecule has 0 bridgehead atoms. The molecule has 0 N–H and O–H groups in total. The molecular formula is C33H23Br. The molecule has 0 unspecified atom stereocenters. The first-order valence-electron chi connectivity index (χ1n) is 11.8. The summed E-state index contributed by atoms with van der Waals surface area (Å²) in [5.41, 5.74) is 8.02. The zero-order valence-corrected chi connectivity index (χ0v) is 20.8. The second-order valence-electron chi connectivity index (χ2n) is 9.93. The second kappa shape index (κ2) is 7.04. The maximum atomic E-state index is 3.67. The molecule has 0 amide bonds. The Hall–Kier alpha value is -3.42. The van der Waals surface area contributed by atoms with Crippen molar-refractivity contribution in [3.8, 4) is 22.3 Å². The number of rotatable bonds is 1. The number of halogens is 1. The molecule has 6 aromatic rings. The van der Waals surface area contributed by atoms with Crippen molar-refractivity contribution in [3.05, 3.63) is 119 Å². The van der Waals surface area contributed by atoms with E-state index in [0.717, 1.165) is 4.47 Å². The van der Waals surface area contributed by atoms with Crippen molar-refractivity contribution in [2.24, 2.45) is 0 Å². The molecule has 0 aromatic heterocycles. The Labute approximate surface area is 208 Å². The highest BCUT2D eigenvalue weighted by atomic mass is 79.9. The Morgan fingerprint density at radius 1 is 0.471 bits per heavy atom. The van der Waals surface area contributed by atoms with Gasteiger partial charge >= 0.3 is 0 Å². The summed E-state index contributed by atoms with van der Waals surface area (Å²) in [6.45, 7) is 4.68. The Bertz CT molecular complexity index is 1750. The molecule has 34 heavy (non-hydrogen) atoms. The number of hydrogen-bond donors (Lipinski definition) is 0. The van der Waals surface area contributed by atoms with E-state index in [-0.39, 0.29) is 5.41 Å². The molecule has 0 spiro atoms. The fourth-order valence-corrected chi connectivity index (χ4v) is 6.34. The van der Waals surface area contributed by atoms with Crippen LogP contribution in [0.15, 0.2) is 108 Å². The van der Waals surface area contributed by atoms with Gasteiger partial charge in [-0.05, 0) is 90.0 Å². The summed E-state index contributed by atoms with van der Waals surface area (Å²) in [6, 6.07) is 38.2. The maximum Gasteiger partial charge on any atom is 0.0178 e. The summed E-state index contributed by atoms with van der Waals surface area (Å²) in [7, 11) is 0. The van der Waals surface area contributed by atoms with Crippen molar-refractivity contribution in [3.63, 3.8) is 0 Å². The van der Waals surface area contributed by atoms with Crippen LogP contribution in [0, 0.1) is 0 Å². The average Bonchev–Trinajstić information content (AvgIpc) is 3.09. The van der Waals surface area contributed by atoms with Gasteiger partial charge in [0.1, 0.15) is 0 Å². The molecule has 6 aromatic carbocycles. The number of hydrogen-bond acceptors (Lipinski definition) is 0. The van der Waals surface area contributed by atoms with Crippen molar-refractivity contribution in [1.29, 1.82) is 0 Å². The van der Waals surface area contributed by atoms with E-state index in [4.69, 9.17) is 0 Å². The van der Waals surface area contributed by atoms with E-state index in [2.05, 4.69) is 133 Å². The second-order valence-corrected chi connectivity index (χ2v) is 10.8. The van der Waals surface area contributed by atoms with Crippen molar-refractivity contribution >= 4 is 48.2 Å². The third-order valence-corrected chi connectivity index (χ3v) is 8.21. The predicted octanol–water partition coefficient (Wildman–Crippen LogP) is 9.88. The van der Waals surface area contributed by atoms with Crippen LogP contribution in [0.1, 0.15) is 25.0 Å². The molecule has 0 saturated heterocycles. The first-order valence-corrected chi connectivity index (χ1v) is 12.6. The molecule has 7 rings (SSSR count). The van der Waals surface area contributed by atoms with Gasteiger partial charge in [-0.2, -0.15) is 0 Å². The first-order chi connectivity index (χ1) is 16.5. The lowest BCUT2D eigenvalue weighted by atomic mass is 9.81. The van der Waals surface area contributed by atoms with Gasteiger partial charge in [-0.3, -0.25) is 0 Å². The van der Waals surface area contributed by atoms with Crippen molar-refractivity contribution in [1.82, 2.24) is 0 Å². The lowest BCUT2D eigenvalue weighted by Crippen LogP contribution is -2.15. The molecule has 1 aliphatic rings. The van der Waals surface area contributed by atoms with Crippen LogP contribution in [-0.4, -0.2) is 0 Å². The SMILES string of the molecule is CC1(C)c2cc(Br)ccc2-c2ccc(-c3ccc4c5ccccc5c5ccccc5c4c3)cc21. The Kier molecular flexibility index (Phi) is 4.14. The van der Waals surface area contributed by atoms with Crippen LogP contribution in [-0.2, 0) is 5.41 Å². The van der Waals surface area contributed by atoms with Gasteiger partial charge < -0.3 is 0 Å². The fourth-order valence-electron chi connectivity index (χ4n) is 5.98. The van der Waals surface area contributed by atoms with E-state index in [1.54, 1.807) is 0 Å². The number of fused-ring (bicyclic) bond motifs is 9. The van der Waals surface area contributed by atoms with Gasteiger partial charge in [-0.15, -0.1) is 0 Å². The monoisotopic (exact) mass is 498 g/mol. The third-order valence-electron chi connectivity index (χ3n) is 7.72. The molecule has 0 radical (unpaired) electrons. The van der Waals surface area contributed by atoms with Crippen LogP contribution < -0.4 is 0 Å². The largest absolute Gasteiger partial charge is 0.0616 e. The van der Waals surface area contributed by atoms with Crippen LogP contribution in [0.25, 0.3) is 54.6 Å². The van der Waals surface area contributed by atoms with E-state index in [1.807, 2.05) is 0 Å². The predicted molar refractivity (Wildman–Crippen MR) is 150 cm³/mol. The van der Waals surface area contributed by atoms with Crippen molar-refractivity contribution in [2.45, 2.75) is 19.3 Å². The average molecular weight is 499 g/mol. The standard InChI is InChI=1S/C33H23Br/c1-33(2)31-18-21(12-15-28(31)29-16-13-22(34)19-32(29)33)20-11-14-27-25-9-4-3-7-23(25)24-8-5-6-10-26(24)30(27)17-20/h3-19H,1-2H3. The Morgan fingerprint density at radius 2 is 0.941 bits per heavy atom. The van der Waals surface area contributed by atoms with Crippen LogP contribution in [0.2, 0.25) is 0 Å². The van der Waals surface area contributed by atoms with Gasteiger partial charge in [-0.1, -0.05) is 109 Å². The van der Waals surface area contributed by atoms with Gasteiger partial charge in [0.2, 0.25) is 0 Å². The van der Waals surface area contributed by atoms with Gasteiger partial charge in [0.15, 0.2) is 0 Å². The van der Waals surface area contributed by atoms with Gasteiger partial charge in [-0.25, -0.2) is 0 Å². The number of benzene rings is 6. The first kappa shape index (κ1) is 20.0. The lowest BCUT2D eigenvalue weighted by molar-refractivity contribution is 0.660. The van der Waals surface area contributed by atoms with Crippen LogP contribution in [0.3, 0.4) is 0 Å². The summed E-state index contributed by atoms with van der Waals surface area (Å²) in [5, 5.41) is 7.91. The summed E-state index contributed by atoms with van der Waals surface area (Å²) in [6.07, 6.45) is 0. The fraction of sp³-hybridized carbons (Fsp3) is 0.0909. The summed E-state index contributed by atoms with van der Waals surface area (Å²) in [5.74, 6) is 0. The van der Waals surface area contributed by atoms with Gasteiger partial charge in [0.05, 0.1) is 0 Å². The van der Waals surface area contributed by atoms with Crippen LogP contribution in [0.4, 0.5) is 0 Å². The van der Waals surface area contributed by atoms with E-state index in [9.17, 15) is 0 Å². The van der Waals surface area contributed by atoms with Gasteiger partial charge in [0.25, 0.3) is 0 Å². The molecule has 0 atom stereocenters. The molecule has 162 valence electrons. The molecule has 0 fully saturated rings. The van der Waals surface area contributed by atoms with Crippen LogP contribution >= 0.6 is 15.9 Å². The minimum atomic E-state index is -0.0236. The molecule has 0 heterocycles.